The van der Waals surface area contributed by atoms with Crippen LogP contribution >= 0.6 is 22.9 Å². The SMILES string of the molecule is Cc1csc(CCl)c1S(=O)(=O)N1CCCC(C)(C)C1. The third-order valence-electron chi connectivity index (χ3n) is 3.57. The first-order valence-corrected chi connectivity index (χ1v) is 9.26. The van der Waals surface area contributed by atoms with Crippen LogP contribution in [0.15, 0.2) is 10.3 Å². The summed E-state index contributed by atoms with van der Waals surface area (Å²) in [5.41, 5.74) is 0.861. The number of halogens is 1. The van der Waals surface area contributed by atoms with Gasteiger partial charge < -0.3 is 0 Å². The average Bonchev–Trinajstić information content (AvgIpc) is 2.69. The standard InChI is InChI=1S/C13H20ClNO2S2/c1-10-8-18-11(7-14)12(10)19(16,17)15-6-4-5-13(2,3)9-15/h8H,4-7,9H2,1-3H3. The Bertz CT molecular complexity index is 563. The molecule has 1 aromatic rings. The van der Waals surface area contributed by atoms with Gasteiger partial charge >= 0.3 is 0 Å². The fraction of sp³-hybridized carbons (Fsp3) is 0.692. The molecule has 1 saturated heterocycles. The molecule has 1 fully saturated rings. The van der Waals surface area contributed by atoms with E-state index in [9.17, 15) is 8.42 Å². The Hall–Kier alpha value is -0.100. The molecule has 0 amide bonds. The van der Waals surface area contributed by atoms with Crippen molar-refractivity contribution in [3.8, 4) is 0 Å². The predicted octanol–water partition coefficient (Wildman–Crippen LogP) is 3.61. The Kier molecular flexibility index (Phi) is 4.31. The summed E-state index contributed by atoms with van der Waals surface area (Å²) in [4.78, 5) is 1.19. The van der Waals surface area contributed by atoms with E-state index < -0.39 is 10.0 Å². The van der Waals surface area contributed by atoms with Crippen LogP contribution in [0.2, 0.25) is 0 Å². The molecular formula is C13H20ClNO2S2. The number of aryl methyl sites for hydroxylation is 1. The van der Waals surface area contributed by atoms with Crippen LogP contribution in [-0.2, 0) is 15.9 Å². The molecule has 0 aliphatic carbocycles. The molecule has 2 rings (SSSR count). The summed E-state index contributed by atoms with van der Waals surface area (Å²) in [5, 5.41) is 1.87. The van der Waals surface area contributed by atoms with Crippen molar-refractivity contribution in [3.63, 3.8) is 0 Å². The van der Waals surface area contributed by atoms with Gasteiger partial charge in [-0.3, -0.25) is 0 Å². The summed E-state index contributed by atoms with van der Waals surface area (Å²) in [5.74, 6) is 0.254. The molecule has 2 heterocycles. The van der Waals surface area contributed by atoms with Crippen LogP contribution < -0.4 is 0 Å². The lowest BCUT2D eigenvalue weighted by molar-refractivity contribution is 0.187. The second kappa shape index (κ2) is 5.35. The highest BCUT2D eigenvalue weighted by atomic mass is 35.5. The topological polar surface area (TPSA) is 37.4 Å². The van der Waals surface area contributed by atoms with Gasteiger partial charge in [-0.1, -0.05) is 13.8 Å². The van der Waals surface area contributed by atoms with Crippen LogP contribution in [0.25, 0.3) is 0 Å². The quantitative estimate of drug-likeness (QED) is 0.798. The molecule has 0 saturated carbocycles. The summed E-state index contributed by atoms with van der Waals surface area (Å²) in [6, 6.07) is 0. The minimum absolute atomic E-state index is 0.0520. The van der Waals surface area contributed by atoms with E-state index in [0.717, 1.165) is 23.3 Å². The van der Waals surface area contributed by atoms with Gasteiger partial charge in [-0.15, -0.1) is 22.9 Å². The number of alkyl halides is 1. The van der Waals surface area contributed by atoms with E-state index in [1.54, 1.807) is 4.31 Å². The minimum atomic E-state index is -3.40. The molecule has 1 aromatic heterocycles. The highest BCUT2D eigenvalue weighted by Crippen LogP contribution is 2.35. The molecule has 19 heavy (non-hydrogen) atoms. The Morgan fingerprint density at radius 1 is 1.47 bits per heavy atom. The first-order valence-electron chi connectivity index (χ1n) is 6.41. The highest BCUT2D eigenvalue weighted by molar-refractivity contribution is 7.89. The minimum Gasteiger partial charge on any atom is -0.207 e. The molecule has 0 atom stereocenters. The molecule has 3 nitrogen and oxygen atoms in total. The smallest absolute Gasteiger partial charge is 0.207 e. The van der Waals surface area contributed by atoms with E-state index in [1.165, 1.54) is 11.3 Å². The van der Waals surface area contributed by atoms with Gasteiger partial charge in [0.25, 0.3) is 0 Å². The zero-order valence-electron chi connectivity index (χ0n) is 11.6. The average molecular weight is 322 g/mol. The van der Waals surface area contributed by atoms with Crippen molar-refractivity contribution in [2.24, 2.45) is 5.41 Å². The van der Waals surface area contributed by atoms with E-state index in [1.807, 2.05) is 12.3 Å². The van der Waals surface area contributed by atoms with Gasteiger partial charge in [0.05, 0.1) is 5.88 Å². The largest absolute Gasteiger partial charge is 0.244 e. The number of nitrogens with zero attached hydrogens (tertiary/aromatic N) is 1. The van der Waals surface area contributed by atoms with Gasteiger partial charge in [-0.2, -0.15) is 4.31 Å². The van der Waals surface area contributed by atoms with Crippen molar-refractivity contribution < 1.29 is 8.42 Å². The molecule has 6 heteroatoms. The van der Waals surface area contributed by atoms with Gasteiger partial charge in [0.1, 0.15) is 4.90 Å². The van der Waals surface area contributed by atoms with E-state index in [0.29, 0.717) is 18.0 Å². The summed E-state index contributed by atoms with van der Waals surface area (Å²) >= 11 is 7.30. The van der Waals surface area contributed by atoms with E-state index in [-0.39, 0.29) is 11.3 Å². The van der Waals surface area contributed by atoms with Gasteiger partial charge in [0, 0.05) is 18.0 Å². The van der Waals surface area contributed by atoms with E-state index in [2.05, 4.69) is 13.8 Å². The van der Waals surface area contributed by atoms with Gasteiger partial charge in [-0.25, -0.2) is 8.42 Å². The third kappa shape index (κ3) is 2.99. The van der Waals surface area contributed by atoms with Crippen molar-refractivity contribution in [1.29, 1.82) is 0 Å². The Labute approximate surface area is 124 Å². The van der Waals surface area contributed by atoms with Crippen LogP contribution in [0.3, 0.4) is 0 Å². The third-order valence-corrected chi connectivity index (χ3v) is 7.31. The molecule has 1 aliphatic rings. The molecule has 0 radical (unpaired) electrons. The lowest BCUT2D eigenvalue weighted by atomic mass is 9.85. The second-order valence-corrected chi connectivity index (χ2v) is 9.02. The summed E-state index contributed by atoms with van der Waals surface area (Å²) in [6.45, 7) is 7.29. The summed E-state index contributed by atoms with van der Waals surface area (Å²) < 4.78 is 27.2. The lowest BCUT2D eigenvalue weighted by Gasteiger charge is -2.37. The Balaban J connectivity index is 2.39. The van der Waals surface area contributed by atoms with Gasteiger partial charge in [0.2, 0.25) is 10.0 Å². The second-order valence-electron chi connectivity index (χ2n) is 5.91. The molecule has 108 valence electrons. The van der Waals surface area contributed by atoms with Crippen LogP contribution in [0.5, 0.6) is 0 Å². The van der Waals surface area contributed by atoms with E-state index >= 15 is 0 Å². The Morgan fingerprint density at radius 2 is 2.16 bits per heavy atom. The number of thiophene rings is 1. The monoisotopic (exact) mass is 321 g/mol. The van der Waals surface area contributed by atoms with Crippen LogP contribution in [0.4, 0.5) is 0 Å². The molecule has 0 bridgehead atoms. The molecular weight excluding hydrogens is 302 g/mol. The van der Waals surface area contributed by atoms with Crippen molar-refractivity contribution in [2.45, 2.75) is 44.4 Å². The number of rotatable bonds is 3. The normalized spacial score (nSPS) is 20.6. The fourth-order valence-corrected chi connectivity index (χ4v) is 6.31. The number of hydrogen-bond donors (Lipinski definition) is 0. The Morgan fingerprint density at radius 3 is 2.74 bits per heavy atom. The summed E-state index contributed by atoms with van der Waals surface area (Å²) in [6.07, 6.45) is 2.00. The van der Waals surface area contributed by atoms with Crippen LogP contribution in [0.1, 0.15) is 37.1 Å². The molecule has 1 aliphatic heterocycles. The molecule has 0 aromatic carbocycles. The van der Waals surface area contributed by atoms with Crippen molar-refractivity contribution in [3.05, 3.63) is 15.8 Å². The van der Waals surface area contributed by atoms with Crippen molar-refractivity contribution in [2.75, 3.05) is 13.1 Å². The van der Waals surface area contributed by atoms with Crippen LogP contribution in [-0.4, -0.2) is 25.8 Å². The van der Waals surface area contributed by atoms with E-state index in [4.69, 9.17) is 11.6 Å². The lowest BCUT2D eigenvalue weighted by Crippen LogP contribution is -2.43. The van der Waals surface area contributed by atoms with Crippen molar-refractivity contribution >= 4 is 33.0 Å². The highest BCUT2D eigenvalue weighted by Gasteiger charge is 2.36. The maximum Gasteiger partial charge on any atom is 0.244 e. The molecule has 0 spiro atoms. The first kappa shape index (κ1) is 15.3. The van der Waals surface area contributed by atoms with Gasteiger partial charge in [-0.05, 0) is 36.1 Å². The fourth-order valence-electron chi connectivity index (χ4n) is 2.63. The summed E-state index contributed by atoms with van der Waals surface area (Å²) in [7, 11) is -3.40. The molecule has 0 unspecified atom stereocenters. The maximum absolute atomic E-state index is 12.8. The molecule has 0 N–H and O–H groups in total. The first-order chi connectivity index (χ1) is 8.78. The zero-order chi connectivity index (χ0) is 14.3. The van der Waals surface area contributed by atoms with Crippen LogP contribution in [0, 0.1) is 12.3 Å². The van der Waals surface area contributed by atoms with Gasteiger partial charge in [0.15, 0.2) is 0 Å². The number of sulfonamides is 1. The zero-order valence-corrected chi connectivity index (χ0v) is 14.0. The van der Waals surface area contributed by atoms with Crippen molar-refractivity contribution in [1.82, 2.24) is 4.31 Å². The maximum atomic E-state index is 12.8. The number of piperidine rings is 1. The number of hydrogen-bond acceptors (Lipinski definition) is 3. The predicted molar refractivity (Wildman–Crippen MR) is 80.4 cm³/mol.